The Morgan fingerprint density at radius 2 is 1.72 bits per heavy atom. The maximum absolute atomic E-state index is 12.4. The molecule has 0 bridgehead atoms. The van der Waals surface area contributed by atoms with Crippen LogP contribution in [0.15, 0.2) is 29.1 Å². The molecular weight excluding hydrogens is 310 g/mol. The average molecular weight is 341 g/mol. The molecule has 2 heterocycles. The van der Waals surface area contributed by atoms with Gasteiger partial charge in [0.25, 0.3) is 0 Å². The van der Waals surface area contributed by atoms with Gasteiger partial charge in [0, 0.05) is 25.2 Å². The van der Waals surface area contributed by atoms with Crippen molar-refractivity contribution in [3.8, 4) is 0 Å². The van der Waals surface area contributed by atoms with Crippen molar-refractivity contribution in [1.29, 1.82) is 0 Å². The maximum Gasteiger partial charge on any atom is 0.326 e. The fraction of sp³-hybridized carbons (Fsp3) is 0.667. The van der Waals surface area contributed by atoms with Gasteiger partial charge in [-0.3, -0.25) is 4.57 Å². The summed E-state index contributed by atoms with van der Waals surface area (Å²) in [6.07, 6.45) is 10.5. The molecule has 0 unspecified atom stereocenters. The van der Waals surface area contributed by atoms with Crippen molar-refractivity contribution < 1.29 is 0 Å². The smallest absolute Gasteiger partial charge is 0.306 e. The van der Waals surface area contributed by atoms with Gasteiger partial charge in [-0.25, -0.2) is 4.79 Å². The van der Waals surface area contributed by atoms with Gasteiger partial charge in [0.2, 0.25) is 0 Å². The van der Waals surface area contributed by atoms with Crippen LogP contribution >= 0.6 is 0 Å². The summed E-state index contributed by atoms with van der Waals surface area (Å²) in [7, 11) is 0. The van der Waals surface area contributed by atoms with Gasteiger partial charge in [-0.1, -0.05) is 31.9 Å². The number of nitrogens with zero attached hydrogens (tertiary/aromatic N) is 2. The number of hydrogen-bond donors (Lipinski definition) is 1. The van der Waals surface area contributed by atoms with E-state index in [9.17, 15) is 4.79 Å². The van der Waals surface area contributed by atoms with E-state index >= 15 is 0 Å². The van der Waals surface area contributed by atoms with Crippen molar-refractivity contribution in [2.45, 2.75) is 70.4 Å². The van der Waals surface area contributed by atoms with Crippen molar-refractivity contribution >= 4 is 11.0 Å². The molecule has 1 aliphatic carbocycles. The molecule has 1 saturated carbocycles. The third kappa shape index (κ3) is 3.41. The largest absolute Gasteiger partial charge is 0.326 e. The quantitative estimate of drug-likeness (QED) is 0.899. The van der Waals surface area contributed by atoms with Crippen LogP contribution in [-0.2, 0) is 0 Å². The summed E-state index contributed by atoms with van der Waals surface area (Å²) in [5.74, 6) is 0.976. The Kier molecular flexibility index (Phi) is 4.98. The van der Waals surface area contributed by atoms with E-state index in [1.807, 2.05) is 22.8 Å². The van der Waals surface area contributed by atoms with Gasteiger partial charge < -0.3 is 9.88 Å². The Bertz CT molecular complexity index is 746. The third-order valence-electron chi connectivity index (χ3n) is 6.52. The number of hydrogen-bond acceptors (Lipinski definition) is 2. The first-order valence-corrected chi connectivity index (χ1v) is 10.2. The highest BCUT2D eigenvalue weighted by Gasteiger charge is 2.30. The van der Waals surface area contributed by atoms with E-state index in [1.165, 1.54) is 38.5 Å². The van der Waals surface area contributed by atoms with E-state index in [4.69, 9.17) is 0 Å². The molecule has 1 aromatic heterocycles. The predicted molar refractivity (Wildman–Crippen MR) is 103 cm³/mol. The van der Waals surface area contributed by atoms with Crippen molar-refractivity contribution in [2.75, 3.05) is 13.1 Å². The minimum absolute atomic E-state index is 0.0553. The second-order valence-electron chi connectivity index (χ2n) is 8.05. The molecule has 4 nitrogen and oxygen atoms in total. The molecule has 0 spiro atoms. The molecule has 1 saturated heterocycles. The van der Waals surface area contributed by atoms with Crippen molar-refractivity contribution in [3.05, 3.63) is 34.7 Å². The van der Waals surface area contributed by atoms with Crippen LogP contribution < -0.4 is 5.69 Å². The lowest BCUT2D eigenvalue weighted by Crippen LogP contribution is -2.44. The molecule has 1 aromatic carbocycles. The SMILES string of the molecule is CCCC1CCC(N2CCC(n3c(=O)[nH]c4ccccc43)CC2)CC1. The van der Waals surface area contributed by atoms with Crippen molar-refractivity contribution in [1.82, 2.24) is 14.5 Å². The number of aromatic amines is 1. The van der Waals surface area contributed by atoms with Crippen LogP contribution in [0.4, 0.5) is 0 Å². The number of aromatic nitrogens is 2. The number of para-hydroxylation sites is 2. The summed E-state index contributed by atoms with van der Waals surface area (Å²) in [5, 5.41) is 0. The minimum Gasteiger partial charge on any atom is -0.306 e. The fourth-order valence-corrected chi connectivity index (χ4v) is 5.15. The first-order valence-electron chi connectivity index (χ1n) is 10.2. The molecule has 2 fully saturated rings. The lowest BCUT2D eigenvalue weighted by molar-refractivity contribution is 0.0950. The van der Waals surface area contributed by atoms with E-state index in [1.54, 1.807) is 0 Å². The van der Waals surface area contributed by atoms with E-state index in [2.05, 4.69) is 22.9 Å². The zero-order chi connectivity index (χ0) is 17.2. The standard InChI is InChI=1S/C21H31N3O/c1-2-5-16-8-10-17(11-9-16)23-14-12-18(13-15-23)24-20-7-4-3-6-19(20)22-21(24)25/h3-4,6-7,16-18H,2,5,8-15H2,1H3,(H,22,25). The number of H-pyrrole nitrogens is 1. The number of likely N-dealkylation sites (tertiary alicyclic amines) is 1. The van der Waals surface area contributed by atoms with Crippen LogP contribution in [0.3, 0.4) is 0 Å². The molecule has 2 aromatic rings. The lowest BCUT2D eigenvalue weighted by Gasteiger charge is -2.41. The zero-order valence-electron chi connectivity index (χ0n) is 15.4. The Morgan fingerprint density at radius 1 is 1.00 bits per heavy atom. The number of rotatable bonds is 4. The monoisotopic (exact) mass is 341 g/mol. The highest BCUT2D eigenvalue weighted by Crippen LogP contribution is 2.33. The number of benzene rings is 1. The van der Waals surface area contributed by atoms with Crippen LogP contribution in [0.25, 0.3) is 11.0 Å². The molecule has 4 heteroatoms. The van der Waals surface area contributed by atoms with E-state index < -0.39 is 0 Å². The van der Waals surface area contributed by atoms with Gasteiger partial charge in [-0.15, -0.1) is 0 Å². The fourth-order valence-electron chi connectivity index (χ4n) is 5.15. The third-order valence-corrected chi connectivity index (χ3v) is 6.52. The van der Waals surface area contributed by atoms with Gasteiger partial charge in [0.05, 0.1) is 11.0 Å². The van der Waals surface area contributed by atoms with Gasteiger partial charge in [0.1, 0.15) is 0 Å². The first-order chi connectivity index (χ1) is 12.3. The zero-order valence-corrected chi connectivity index (χ0v) is 15.4. The molecule has 25 heavy (non-hydrogen) atoms. The summed E-state index contributed by atoms with van der Waals surface area (Å²) in [4.78, 5) is 18.1. The summed E-state index contributed by atoms with van der Waals surface area (Å²) in [6, 6.07) is 9.20. The summed E-state index contributed by atoms with van der Waals surface area (Å²) < 4.78 is 2.00. The summed E-state index contributed by atoms with van der Waals surface area (Å²) in [5.41, 5.74) is 2.08. The van der Waals surface area contributed by atoms with Gasteiger partial charge >= 0.3 is 5.69 Å². The maximum atomic E-state index is 12.4. The molecule has 4 rings (SSSR count). The molecule has 0 amide bonds. The number of nitrogens with one attached hydrogen (secondary N) is 1. The molecule has 0 atom stereocenters. The average Bonchev–Trinajstić information content (AvgIpc) is 2.98. The highest BCUT2D eigenvalue weighted by atomic mass is 16.1. The van der Waals surface area contributed by atoms with Crippen LogP contribution in [0.2, 0.25) is 0 Å². The minimum atomic E-state index is 0.0553. The van der Waals surface area contributed by atoms with Crippen LogP contribution in [-0.4, -0.2) is 33.6 Å². The molecule has 1 aliphatic heterocycles. The predicted octanol–water partition coefficient (Wildman–Crippen LogP) is 4.33. The summed E-state index contributed by atoms with van der Waals surface area (Å²) >= 11 is 0. The summed E-state index contributed by atoms with van der Waals surface area (Å²) in [6.45, 7) is 4.59. The van der Waals surface area contributed by atoms with E-state index in [-0.39, 0.29) is 5.69 Å². The Balaban J connectivity index is 1.39. The van der Waals surface area contributed by atoms with Crippen LogP contribution in [0, 0.1) is 5.92 Å². The molecule has 136 valence electrons. The Hall–Kier alpha value is -1.55. The van der Waals surface area contributed by atoms with Gasteiger partial charge in [-0.05, 0) is 56.6 Å². The van der Waals surface area contributed by atoms with E-state index in [0.29, 0.717) is 6.04 Å². The molecule has 1 N–H and O–H groups in total. The van der Waals surface area contributed by atoms with Crippen molar-refractivity contribution in [2.24, 2.45) is 5.92 Å². The topological polar surface area (TPSA) is 41.0 Å². The van der Waals surface area contributed by atoms with Crippen LogP contribution in [0.5, 0.6) is 0 Å². The second kappa shape index (κ2) is 7.36. The lowest BCUT2D eigenvalue weighted by atomic mass is 9.82. The van der Waals surface area contributed by atoms with E-state index in [0.717, 1.165) is 48.9 Å². The Morgan fingerprint density at radius 3 is 2.44 bits per heavy atom. The molecule has 2 aliphatic rings. The molecule has 0 radical (unpaired) electrons. The number of piperidine rings is 1. The van der Waals surface area contributed by atoms with Crippen LogP contribution in [0.1, 0.15) is 64.3 Å². The second-order valence-corrected chi connectivity index (χ2v) is 8.05. The van der Waals surface area contributed by atoms with Crippen molar-refractivity contribution in [3.63, 3.8) is 0 Å². The number of fused-ring (bicyclic) bond motifs is 1. The Labute approximate surface area is 150 Å². The molecular formula is C21H31N3O. The highest BCUT2D eigenvalue weighted by molar-refractivity contribution is 5.75. The first kappa shape index (κ1) is 16.9. The normalized spacial score (nSPS) is 26.3. The number of imidazole rings is 1. The van der Waals surface area contributed by atoms with Gasteiger partial charge in [-0.2, -0.15) is 0 Å². The van der Waals surface area contributed by atoms with Gasteiger partial charge in [0.15, 0.2) is 0 Å².